The molecule has 0 saturated carbocycles. The van der Waals surface area contributed by atoms with Crippen LogP contribution in [0.15, 0.2) is 53.8 Å². The van der Waals surface area contributed by atoms with Crippen molar-refractivity contribution in [3.05, 3.63) is 59.4 Å². The summed E-state index contributed by atoms with van der Waals surface area (Å²) < 4.78 is 0. The second-order valence-electron chi connectivity index (χ2n) is 6.31. The van der Waals surface area contributed by atoms with E-state index < -0.39 is 5.91 Å². The van der Waals surface area contributed by atoms with E-state index in [1.807, 2.05) is 42.5 Å². The first kappa shape index (κ1) is 21.1. The molecule has 0 radical (unpaired) electrons. The molecule has 0 unspecified atom stereocenters. The van der Waals surface area contributed by atoms with E-state index >= 15 is 0 Å². The van der Waals surface area contributed by atoms with Gasteiger partial charge in [0.1, 0.15) is 0 Å². The fraction of sp³-hybridized carbons (Fsp3) is 0.238. The molecule has 2 N–H and O–H groups in total. The van der Waals surface area contributed by atoms with E-state index in [4.69, 9.17) is 11.6 Å². The molecular weight excluding hydrogens is 408 g/mol. The third kappa shape index (κ3) is 5.92. The lowest BCUT2D eigenvalue weighted by molar-refractivity contribution is -0.116. The van der Waals surface area contributed by atoms with Gasteiger partial charge in [-0.05, 0) is 29.3 Å². The van der Waals surface area contributed by atoms with Crippen molar-refractivity contribution in [2.75, 3.05) is 17.6 Å². The molecule has 0 aliphatic rings. The number of halogens is 1. The highest BCUT2D eigenvalue weighted by atomic mass is 35.5. The summed E-state index contributed by atoms with van der Waals surface area (Å²) in [5.74, 6) is 0.250. The Labute approximate surface area is 178 Å². The Morgan fingerprint density at radius 3 is 2.72 bits per heavy atom. The van der Waals surface area contributed by atoms with E-state index in [9.17, 15) is 9.59 Å². The van der Waals surface area contributed by atoms with Crippen molar-refractivity contribution in [1.29, 1.82) is 0 Å². The summed E-state index contributed by atoms with van der Waals surface area (Å²) in [7, 11) is 0. The highest BCUT2D eigenvalue weighted by Crippen LogP contribution is 2.20. The van der Waals surface area contributed by atoms with Crippen LogP contribution in [-0.4, -0.2) is 34.1 Å². The van der Waals surface area contributed by atoms with E-state index in [2.05, 4.69) is 27.5 Å². The minimum absolute atomic E-state index is 0.121. The minimum atomic E-state index is -0.422. The zero-order valence-electron chi connectivity index (χ0n) is 15.9. The van der Waals surface area contributed by atoms with Crippen LogP contribution in [0.5, 0.6) is 0 Å². The van der Waals surface area contributed by atoms with Crippen molar-refractivity contribution in [2.24, 2.45) is 0 Å². The molecule has 8 heteroatoms. The van der Waals surface area contributed by atoms with Crippen LogP contribution >= 0.6 is 23.4 Å². The lowest BCUT2D eigenvalue weighted by atomic mass is 10.1. The highest BCUT2D eigenvalue weighted by molar-refractivity contribution is 7.99. The Morgan fingerprint density at radius 2 is 1.93 bits per heavy atom. The number of hydrogen-bond acceptors (Lipinski definition) is 5. The monoisotopic (exact) mass is 428 g/mol. The number of rotatable bonds is 8. The van der Waals surface area contributed by atoms with Gasteiger partial charge in [-0.1, -0.05) is 60.6 Å². The minimum Gasteiger partial charge on any atom is -0.350 e. The summed E-state index contributed by atoms with van der Waals surface area (Å²) in [5, 5.41) is 8.38. The molecule has 150 valence electrons. The fourth-order valence-electron chi connectivity index (χ4n) is 2.64. The molecular formula is C21H21ClN4O2S. The summed E-state index contributed by atoms with van der Waals surface area (Å²) >= 11 is 7.51. The Kier molecular flexibility index (Phi) is 7.43. The van der Waals surface area contributed by atoms with Crippen LogP contribution in [0.4, 0.5) is 5.69 Å². The first-order valence-corrected chi connectivity index (χ1v) is 10.7. The first-order valence-electron chi connectivity index (χ1n) is 9.29. The van der Waals surface area contributed by atoms with Gasteiger partial charge in [0, 0.05) is 24.4 Å². The summed E-state index contributed by atoms with van der Waals surface area (Å²) in [5.41, 5.74) is 0.840. The molecule has 0 saturated heterocycles. The lowest BCUT2D eigenvalue weighted by Crippen LogP contribution is -2.28. The molecule has 0 aliphatic heterocycles. The van der Waals surface area contributed by atoms with Crippen LogP contribution in [0.1, 0.15) is 30.3 Å². The molecule has 2 aromatic carbocycles. The molecule has 0 aliphatic carbocycles. The standard InChI is InChI=1S/C21H21ClN4O2S/c1-2-11-29-21-24-13-17(22)19(26-21)20(28)23-10-9-18(27)25-16-8-7-14-5-3-4-6-15(14)12-16/h3-8,12-13H,2,9-11H2,1H3,(H,23,28)(H,25,27). The van der Waals surface area contributed by atoms with E-state index in [0.29, 0.717) is 5.16 Å². The maximum Gasteiger partial charge on any atom is 0.271 e. The maximum absolute atomic E-state index is 12.4. The largest absolute Gasteiger partial charge is 0.350 e. The fourth-order valence-corrected chi connectivity index (χ4v) is 3.48. The number of nitrogens with one attached hydrogen (secondary N) is 2. The summed E-state index contributed by atoms with van der Waals surface area (Å²) in [6, 6.07) is 13.7. The van der Waals surface area contributed by atoms with Crippen LogP contribution in [0.2, 0.25) is 5.02 Å². The molecule has 0 fully saturated rings. The maximum atomic E-state index is 12.4. The molecule has 3 rings (SSSR count). The zero-order valence-corrected chi connectivity index (χ0v) is 17.5. The van der Waals surface area contributed by atoms with Gasteiger partial charge in [0.2, 0.25) is 5.91 Å². The van der Waals surface area contributed by atoms with Crippen molar-refractivity contribution in [3.8, 4) is 0 Å². The third-order valence-electron chi connectivity index (χ3n) is 4.04. The number of anilines is 1. The van der Waals surface area contributed by atoms with Crippen molar-refractivity contribution >= 4 is 51.6 Å². The Hall–Kier alpha value is -2.64. The molecule has 6 nitrogen and oxygen atoms in total. The number of fused-ring (bicyclic) bond motifs is 1. The van der Waals surface area contributed by atoms with Gasteiger partial charge >= 0.3 is 0 Å². The van der Waals surface area contributed by atoms with Crippen molar-refractivity contribution in [3.63, 3.8) is 0 Å². The van der Waals surface area contributed by atoms with Gasteiger partial charge in [-0.3, -0.25) is 9.59 Å². The van der Waals surface area contributed by atoms with Gasteiger partial charge in [-0.15, -0.1) is 0 Å². The molecule has 2 amide bonds. The Morgan fingerprint density at radius 1 is 1.14 bits per heavy atom. The highest BCUT2D eigenvalue weighted by Gasteiger charge is 2.14. The third-order valence-corrected chi connectivity index (χ3v) is 5.39. The summed E-state index contributed by atoms with van der Waals surface area (Å²) in [6.45, 7) is 2.23. The van der Waals surface area contributed by atoms with Crippen molar-refractivity contribution in [1.82, 2.24) is 15.3 Å². The van der Waals surface area contributed by atoms with E-state index in [-0.39, 0.29) is 29.6 Å². The molecule has 0 spiro atoms. The van der Waals surface area contributed by atoms with Crippen LogP contribution < -0.4 is 10.6 Å². The van der Waals surface area contributed by atoms with Crippen molar-refractivity contribution < 1.29 is 9.59 Å². The van der Waals surface area contributed by atoms with Gasteiger partial charge in [-0.25, -0.2) is 9.97 Å². The summed E-state index contributed by atoms with van der Waals surface area (Å²) in [6.07, 6.45) is 2.54. The van der Waals surface area contributed by atoms with Gasteiger partial charge in [0.15, 0.2) is 10.9 Å². The van der Waals surface area contributed by atoms with Crippen molar-refractivity contribution in [2.45, 2.75) is 24.9 Å². The van der Waals surface area contributed by atoms with Gasteiger partial charge in [0.05, 0.1) is 11.2 Å². The SMILES string of the molecule is CCCSc1ncc(Cl)c(C(=O)NCCC(=O)Nc2ccc3ccccc3c2)n1. The second-order valence-corrected chi connectivity index (χ2v) is 7.78. The number of benzene rings is 2. The van der Waals surface area contributed by atoms with Gasteiger partial charge < -0.3 is 10.6 Å². The number of nitrogens with zero attached hydrogens (tertiary/aromatic N) is 2. The van der Waals surface area contributed by atoms with Crippen LogP contribution in [0, 0.1) is 0 Å². The number of aromatic nitrogens is 2. The number of thioether (sulfide) groups is 1. The van der Waals surface area contributed by atoms with Gasteiger partial charge in [0.25, 0.3) is 5.91 Å². The summed E-state index contributed by atoms with van der Waals surface area (Å²) in [4.78, 5) is 32.9. The number of carbonyl (C=O) groups is 2. The number of carbonyl (C=O) groups excluding carboxylic acids is 2. The van der Waals surface area contributed by atoms with E-state index in [1.54, 1.807) is 0 Å². The van der Waals surface area contributed by atoms with Crippen LogP contribution in [-0.2, 0) is 4.79 Å². The Bertz CT molecular complexity index is 1030. The first-order chi connectivity index (χ1) is 14.1. The second kappa shape index (κ2) is 10.2. The number of amides is 2. The van der Waals surface area contributed by atoms with Crippen LogP contribution in [0.25, 0.3) is 10.8 Å². The molecule has 0 bridgehead atoms. The predicted octanol–water partition coefficient (Wildman–Crippen LogP) is 4.54. The average molecular weight is 429 g/mol. The van der Waals surface area contributed by atoms with Gasteiger partial charge in [-0.2, -0.15) is 0 Å². The normalized spacial score (nSPS) is 10.7. The molecule has 1 heterocycles. The average Bonchev–Trinajstić information content (AvgIpc) is 2.73. The quantitative estimate of drug-likeness (QED) is 0.406. The van der Waals surface area contributed by atoms with E-state index in [1.165, 1.54) is 18.0 Å². The predicted molar refractivity (Wildman–Crippen MR) is 118 cm³/mol. The smallest absolute Gasteiger partial charge is 0.271 e. The Balaban J connectivity index is 1.52. The zero-order chi connectivity index (χ0) is 20.6. The molecule has 29 heavy (non-hydrogen) atoms. The number of hydrogen-bond donors (Lipinski definition) is 2. The van der Waals surface area contributed by atoms with Crippen LogP contribution in [0.3, 0.4) is 0 Å². The van der Waals surface area contributed by atoms with E-state index in [0.717, 1.165) is 28.6 Å². The molecule has 1 aromatic heterocycles. The lowest BCUT2D eigenvalue weighted by Gasteiger charge is -2.09. The molecule has 3 aromatic rings. The molecule has 0 atom stereocenters. The topological polar surface area (TPSA) is 84.0 Å².